The molecule has 0 spiro atoms. The van der Waals surface area contributed by atoms with Gasteiger partial charge in [-0.05, 0) is 19.0 Å². The molecule has 1 aromatic carbocycles. The van der Waals surface area contributed by atoms with Gasteiger partial charge in [-0.2, -0.15) is 0 Å². The average Bonchev–Trinajstić information content (AvgIpc) is 2.60. The molecule has 0 amide bonds. The highest BCUT2D eigenvalue weighted by Gasteiger charge is 2.42. The molecular formula is C13H20NO3P. The second kappa shape index (κ2) is 5.87. The quantitative estimate of drug-likeness (QED) is 0.613. The van der Waals surface area contributed by atoms with Crippen molar-refractivity contribution in [2.24, 2.45) is 0 Å². The Kier molecular flexibility index (Phi) is 4.44. The van der Waals surface area contributed by atoms with Gasteiger partial charge in [0.2, 0.25) is 0 Å². The van der Waals surface area contributed by atoms with E-state index in [1.54, 1.807) is 6.07 Å². The zero-order valence-electron chi connectivity index (χ0n) is 10.6. The lowest BCUT2D eigenvalue weighted by molar-refractivity contribution is 0.374. The molecule has 2 N–H and O–H groups in total. The lowest BCUT2D eigenvalue weighted by Crippen LogP contribution is -2.20. The van der Waals surface area contributed by atoms with Gasteiger partial charge in [-0.15, -0.1) is 0 Å². The molecule has 2 unspecified atom stereocenters. The highest BCUT2D eigenvalue weighted by atomic mass is 31.2. The van der Waals surface area contributed by atoms with E-state index in [1.165, 1.54) is 12.8 Å². The van der Waals surface area contributed by atoms with Crippen LogP contribution in [0.2, 0.25) is 0 Å². The Labute approximate surface area is 108 Å². The second-order valence-electron chi connectivity index (χ2n) is 4.61. The summed E-state index contributed by atoms with van der Waals surface area (Å²) in [5, 5.41) is 3.15. The molecule has 1 aliphatic rings. The zero-order valence-corrected chi connectivity index (χ0v) is 11.5. The Hall–Kier alpha value is -0.830. The van der Waals surface area contributed by atoms with Gasteiger partial charge in [0.15, 0.2) is 5.78 Å². The molecule has 0 bridgehead atoms. The number of benzene rings is 1. The molecule has 2 atom stereocenters. The summed E-state index contributed by atoms with van der Waals surface area (Å²) in [6.45, 7) is 2.91. The summed E-state index contributed by atoms with van der Waals surface area (Å²) in [6.07, 6.45) is 4.56. The van der Waals surface area contributed by atoms with Gasteiger partial charge in [0.05, 0.1) is 0 Å². The fourth-order valence-corrected chi connectivity index (χ4v) is 3.65. The number of hydrogen-bond donors (Lipinski definition) is 2. The normalized spacial score (nSPS) is 25.8. The lowest BCUT2D eigenvalue weighted by atomic mass is 10.2. The fourth-order valence-electron chi connectivity index (χ4n) is 2.17. The molecule has 0 aliphatic carbocycles. The molecule has 0 saturated carbocycles. The van der Waals surface area contributed by atoms with E-state index in [2.05, 4.69) is 12.2 Å². The number of nitrogens with one attached hydrogen (secondary N) is 1. The van der Waals surface area contributed by atoms with E-state index in [1.807, 2.05) is 18.2 Å². The summed E-state index contributed by atoms with van der Waals surface area (Å²) in [5.74, 6) is -0.0512. The van der Waals surface area contributed by atoms with Crippen LogP contribution in [-0.2, 0) is 4.57 Å². The molecule has 1 aromatic rings. The summed E-state index contributed by atoms with van der Waals surface area (Å²) in [7, 11) is -3.60. The van der Waals surface area contributed by atoms with Crippen molar-refractivity contribution < 1.29 is 14.0 Å². The van der Waals surface area contributed by atoms with Gasteiger partial charge >= 0.3 is 7.60 Å². The molecule has 1 aliphatic heterocycles. The van der Waals surface area contributed by atoms with Crippen LogP contribution in [-0.4, -0.2) is 11.4 Å². The van der Waals surface area contributed by atoms with E-state index in [9.17, 15) is 9.46 Å². The lowest BCUT2D eigenvalue weighted by Gasteiger charge is -2.15. The molecule has 1 heterocycles. The molecule has 5 heteroatoms. The number of hydrogen-bond acceptors (Lipinski definition) is 3. The molecular weight excluding hydrogens is 249 g/mol. The van der Waals surface area contributed by atoms with Gasteiger partial charge in [0.25, 0.3) is 0 Å². The van der Waals surface area contributed by atoms with Crippen molar-refractivity contribution in [3.05, 3.63) is 29.8 Å². The number of unbranched alkanes of at least 4 members (excludes halogenated alkanes) is 3. The van der Waals surface area contributed by atoms with Crippen LogP contribution in [0.3, 0.4) is 0 Å². The van der Waals surface area contributed by atoms with Crippen LogP contribution >= 0.6 is 7.60 Å². The monoisotopic (exact) mass is 269 g/mol. The van der Waals surface area contributed by atoms with E-state index >= 15 is 0 Å². The summed E-state index contributed by atoms with van der Waals surface area (Å²) in [6, 6.07) is 7.24. The van der Waals surface area contributed by atoms with Crippen molar-refractivity contribution in [3.8, 4) is 5.75 Å². The van der Waals surface area contributed by atoms with Gasteiger partial charge in [0.1, 0.15) is 5.75 Å². The van der Waals surface area contributed by atoms with Crippen molar-refractivity contribution in [1.82, 2.24) is 5.32 Å². The summed E-state index contributed by atoms with van der Waals surface area (Å²) >= 11 is 0. The first-order valence-corrected chi connectivity index (χ1v) is 8.14. The van der Waals surface area contributed by atoms with Crippen LogP contribution in [0.25, 0.3) is 0 Å². The smallest absolute Gasteiger partial charge is 0.398 e. The largest absolute Gasteiger partial charge is 0.423 e. The van der Waals surface area contributed by atoms with Crippen molar-refractivity contribution in [1.29, 1.82) is 0 Å². The molecule has 2 rings (SSSR count). The third-order valence-corrected chi connectivity index (χ3v) is 4.71. The van der Waals surface area contributed by atoms with Gasteiger partial charge in [0, 0.05) is 5.56 Å². The maximum Gasteiger partial charge on any atom is 0.398 e. The Balaban J connectivity index is 1.96. The highest BCUT2D eigenvalue weighted by molar-refractivity contribution is 7.54. The minimum Gasteiger partial charge on any atom is -0.423 e. The molecule has 0 saturated heterocycles. The first-order valence-electron chi connectivity index (χ1n) is 6.49. The van der Waals surface area contributed by atoms with Gasteiger partial charge in [-0.1, -0.05) is 44.4 Å². The topological polar surface area (TPSA) is 58.6 Å². The van der Waals surface area contributed by atoms with Crippen molar-refractivity contribution in [3.63, 3.8) is 0 Å². The van der Waals surface area contributed by atoms with E-state index < -0.39 is 13.4 Å². The highest BCUT2D eigenvalue weighted by Crippen LogP contribution is 2.62. The van der Waals surface area contributed by atoms with E-state index in [-0.39, 0.29) is 0 Å². The third-order valence-electron chi connectivity index (χ3n) is 3.14. The Bertz CT molecular complexity index is 450. The predicted molar refractivity (Wildman–Crippen MR) is 71.8 cm³/mol. The van der Waals surface area contributed by atoms with Crippen LogP contribution in [0.5, 0.6) is 5.75 Å². The maximum absolute atomic E-state index is 12.0. The summed E-state index contributed by atoms with van der Waals surface area (Å²) in [5.41, 5.74) is 0.791. The minimum atomic E-state index is -3.60. The fraction of sp³-hybridized carbons (Fsp3) is 0.538. The minimum absolute atomic E-state index is 0.523. The van der Waals surface area contributed by atoms with Crippen molar-refractivity contribution in [2.75, 3.05) is 6.54 Å². The SMILES string of the molecule is CCCCCCNC1c2ccccc2OP1(=O)O. The standard InChI is InChI=1S/C13H20NO3P/c1-2-3-4-7-10-14-13-11-8-5-6-9-12(11)17-18(13,15)16/h5-6,8-9,13-14H,2-4,7,10H2,1H3,(H,15,16). The van der Waals surface area contributed by atoms with E-state index in [4.69, 9.17) is 4.52 Å². The maximum atomic E-state index is 12.0. The molecule has 18 heavy (non-hydrogen) atoms. The Morgan fingerprint density at radius 2 is 2.11 bits per heavy atom. The first kappa shape index (κ1) is 13.6. The summed E-state index contributed by atoms with van der Waals surface area (Å²) in [4.78, 5) is 9.85. The van der Waals surface area contributed by atoms with E-state index in [0.29, 0.717) is 5.75 Å². The van der Waals surface area contributed by atoms with Crippen LogP contribution < -0.4 is 9.84 Å². The first-order chi connectivity index (χ1) is 8.65. The molecule has 4 nitrogen and oxygen atoms in total. The predicted octanol–water partition coefficient (Wildman–Crippen LogP) is 3.43. The van der Waals surface area contributed by atoms with E-state index in [0.717, 1.165) is 24.9 Å². The number of fused-ring (bicyclic) bond motifs is 1. The van der Waals surface area contributed by atoms with Gasteiger partial charge in [-0.3, -0.25) is 5.32 Å². The molecule has 0 aromatic heterocycles. The number of para-hydroxylation sites is 1. The number of rotatable bonds is 6. The van der Waals surface area contributed by atoms with Gasteiger partial charge in [-0.25, -0.2) is 4.57 Å². The van der Waals surface area contributed by atoms with Crippen molar-refractivity contribution >= 4 is 7.60 Å². The molecule has 100 valence electrons. The Morgan fingerprint density at radius 3 is 2.89 bits per heavy atom. The van der Waals surface area contributed by atoms with Crippen LogP contribution in [0.15, 0.2) is 24.3 Å². The summed E-state index contributed by atoms with van der Waals surface area (Å²) < 4.78 is 17.1. The van der Waals surface area contributed by atoms with Crippen LogP contribution in [0.4, 0.5) is 0 Å². The molecule has 0 radical (unpaired) electrons. The third kappa shape index (κ3) is 2.94. The zero-order chi connectivity index (χ0) is 13.0. The average molecular weight is 269 g/mol. The molecule has 0 fully saturated rings. The van der Waals surface area contributed by atoms with Crippen LogP contribution in [0, 0.1) is 0 Å². The van der Waals surface area contributed by atoms with Gasteiger partial charge < -0.3 is 9.42 Å². The van der Waals surface area contributed by atoms with Crippen LogP contribution in [0.1, 0.15) is 44.0 Å². The second-order valence-corrected chi connectivity index (χ2v) is 6.44. The Morgan fingerprint density at radius 1 is 1.33 bits per heavy atom. The van der Waals surface area contributed by atoms with Crippen molar-refractivity contribution in [2.45, 2.75) is 38.4 Å².